The minimum absolute atomic E-state index is 0.0599. The quantitative estimate of drug-likeness (QED) is 0.444. The highest BCUT2D eigenvalue weighted by Gasteiger charge is 2.32. The highest BCUT2D eigenvalue weighted by Crippen LogP contribution is 2.37. The van der Waals surface area contributed by atoms with Gasteiger partial charge in [-0.1, -0.05) is 34.6 Å². The van der Waals surface area contributed by atoms with Gasteiger partial charge in [0.05, 0.1) is 6.54 Å². The lowest BCUT2D eigenvalue weighted by Crippen LogP contribution is -2.32. The van der Waals surface area contributed by atoms with E-state index in [1.807, 2.05) is 0 Å². The monoisotopic (exact) mass is 155 g/mol. The van der Waals surface area contributed by atoms with E-state index in [9.17, 15) is 4.79 Å². The van der Waals surface area contributed by atoms with Crippen LogP contribution in [0, 0.1) is 10.8 Å². The number of carbonyl (C=O) groups excluding carboxylic acids is 1. The van der Waals surface area contributed by atoms with Crippen molar-refractivity contribution < 1.29 is 4.79 Å². The Morgan fingerprint density at radius 1 is 1.18 bits per heavy atom. The highest BCUT2D eigenvalue weighted by atomic mass is 16.1. The summed E-state index contributed by atoms with van der Waals surface area (Å²) in [5, 5.41) is 0. The Morgan fingerprint density at radius 3 is 1.91 bits per heavy atom. The third-order valence-electron chi connectivity index (χ3n) is 2.57. The van der Waals surface area contributed by atoms with Crippen molar-refractivity contribution in [2.75, 3.05) is 6.54 Å². The van der Waals surface area contributed by atoms with Crippen molar-refractivity contribution >= 4 is 6.08 Å². The summed E-state index contributed by atoms with van der Waals surface area (Å²) in [5.41, 5.74) is 0.234. The Balaban J connectivity index is 4.33. The first-order valence-corrected chi connectivity index (χ1v) is 3.85. The Hall–Kier alpha value is -0.620. The Kier molecular flexibility index (Phi) is 3.01. The number of hydrogen-bond acceptors (Lipinski definition) is 2. The normalized spacial score (nSPS) is 12.5. The average Bonchev–Trinajstić information content (AvgIpc) is 1.81. The van der Waals surface area contributed by atoms with Crippen LogP contribution >= 0.6 is 0 Å². The van der Waals surface area contributed by atoms with E-state index < -0.39 is 0 Å². The van der Waals surface area contributed by atoms with Gasteiger partial charge in [-0.15, -0.1) is 0 Å². The van der Waals surface area contributed by atoms with Crippen LogP contribution in [0.5, 0.6) is 0 Å². The van der Waals surface area contributed by atoms with E-state index in [2.05, 4.69) is 39.6 Å². The second kappa shape index (κ2) is 3.19. The molecule has 0 saturated heterocycles. The predicted molar refractivity (Wildman–Crippen MR) is 46.2 cm³/mol. The molecule has 11 heavy (non-hydrogen) atoms. The second-order valence-electron chi connectivity index (χ2n) is 4.54. The zero-order chi connectivity index (χ0) is 9.12. The van der Waals surface area contributed by atoms with Gasteiger partial charge in [0.2, 0.25) is 6.08 Å². The molecule has 0 spiro atoms. The van der Waals surface area contributed by atoms with Crippen molar-refractivity contribution in [2.24, 2.45) is 15.8 Å². The molecule has 0 aliphatic rings. The Labute approximate surface area is 68.7 Å². The van der Waals surface area contributed by atoms with E-state index in [4.69, 9.17) is 0 Å². The van der Waals surface area contributed by atoms with E-state index >= 15 is 0 Å². The second-order valence-corrected chi connectivity index (χ2v) is 4.54. The van der Waals surface area contributed by atoms with E-state index in [1.54, 1.807) is 6.08 Å². The molecule has 0 bridgehead atoms. The summed E-state index contributed by atoms with van der Waals surface area (Å²) < 4.78 is 0. The van der Waals surface area contributed by atoms with Crippen LogP contribution in [0.3, 0.4) is 0 Å². The van der Waals surface area contributed by atoms with Gasteiger partial charge in [0.1, 0.15) is 0 Å². The summed E-state index contributed by atoms with van der Waals surface area (Å²) in [6.07, 6.45) is 1.57. The molecule has 0 saturated carbocycles. The molecule has 0 atom stereocenters. The smallest absolute Gasteiger partial charge is 0.211 e. The molecule has 64 valence electrons. The van der Waals surface area contributed by atoms with Crippen molar-refractivity contribution in [1.82, 2.24) is 0 Å². The molecule has 0 amide bonds. The van der Waals surface area contributed by atoms with Crippen molar-refractivity contribution in [3.8, 4) is 0 Å². The molecule has 0 heterocycles. The van der Waals surface area contributed by atoms with Gasteiger partial charge in [-0.3, -0.25) is 0 Å². The molecule has 0 fully saturated rings. The average molecular weight is 155 g/mol. The molecule has 0 N–H and O–H groups in total. The molecule has 0 aromatic rings. The van der Waals surface area contributed by atoms with Crippen molar-refractivity contribution in [3.05, 3.63) is 0 Å². The summed E-state index contributed by atoms with van der Waals surface area (Å²) in [6.45, 7) is 11.2. The van der Waals surface area contributed by atoms with Crippen LogP contribution in [-0.2, 0) is 4.79 Å². The van der Waals surface area contributed by atoms with Gasteiger partial charge >= 0.3 is 0 Å². The molecule has 0 radical (unpaired) electrons. The van der Waals surface area contributed by atoms with E-state index in [0.717, 1.165) is 0 Å². The van der Waals surface area contributed by atoms with Crippen LogP contribution in [0.15, 0.2) is 4.99 Å². The molecule has 0 aromatic carbocycles. The van der Waals surface area contributed by atoms with E-state index in [-0.39, 0.29) is 10.8 Å². The fourth-order valence-corrected chi connectivity index (χ4v) is 0.467. The van der Waals surface area contributed by atoms with Gasteiger partial charge in [0.25, 0.3) is 0 Å². The number of aliphatic imine (C=N–C) groups is 1. The summed E-state index contributed by atoms with van der Waals surface area (Å²) in [7, 11) is 0. The van der Waals surface area contributed by atoms with Crippen LogP contribution in [0.25, 0.3) is 0 Å². The van der Waals surface area contributed by atoms with E-state index in [1.165, 1.54) is 0 Å². The van der Waals surface area contributed by atoms with Crippen LogP contribution in [-0.4, -0.2) is 12.6 Å². The number of hydrogen-bond donors (Lipinski definition) is 0. The number of nitrogens with zero attached hydrogens (tertiary/aromatic N) is 1. The lowest BCUT2D eigenvalue weighted by atomic mass is 9.69. The largest absolute Gasteiger partial charge is 0.234 e. The lowest BCUT2D eigenvalue weighted by Gasteiger charge is -2.37. The van der Waals surface area contributed by atoms with Crippen LogP contribution in [0.2, 0.25) is 0 Å². The first-order valence-electron chi connectivity index (χ1n) is 3.85. The van der Waals surface area contributed by atoms with E-state index in [0.29, 0.717) is 6.54 Å². The van der Waals surface area contributed by atoms with Crippen LogP contribution in [0.1, 0.15) is 34.6 Å². The highest BCUT2D eigenvalue weighted by molar-refractivity contribution is 5.33. The zero-order valence-electron chi connectivity index (χ0n) is 8.06. The maximum absolute atomic E-state index is 9.89. The fourth-order valence-electron chi connectivity index (χ4n) is 0.467. The third-order valence-corrected chi connectivity index (χ3v) is 2.57. The molecule has 0 aliphatic carbocycles. The molecule has 2 heteroatoms. The molecule has 0 unspecified atom stereocenters. The summed E-state index contributed by atoms with van der Waals surface area (Å²) in [5.74, 6) is 0. The topological polar surface area (TPSA) is 29.4 Å². The number of isocyanates is 1. The summed E-state index contributed by atoms with van der Waals surface area (Å²) in [6, 6.07) is 0. The van der Waals surface area contributed by atoms with Crippen LogP contribution in [0.4, 0.5) is 0 Å². The van der Waals surface area contributed by atoms with Gasteiger partial charge < -0.3 is 0 Å². The standard InChI is InChI=1S/C9H17NO/c1-8(2,3)9(4,5)6-10-7-11/h6H2,1-5H3. The molecule has 0 rings (SSSR count). The van der Waals surface area contributed by atoms with Gasteiger partial charge in [-0.05, 0) is 10.8 Å². The van der Waals surface area contributed by atoms with Crippen molar-refractivity contribution in [1.29, 1.82) is 0 Å². The SMILES string of the molecule is CC(C)(C)C(C)(C)CN=C=O. The van der Waals surface area contributed by atoms with Crippen molar-refractivity contribution in [2.45, 2.75) is 34.6 Å². The maximum atomic E-state index is 9.89. The lowest BCUT2D eigenvalue weighted by molar-refractivity contribution is 0.143. The Morgan fingerprint density at radius 2 is 1.64 bits per heavy atom. The summed E-state index contributed by atoms with van der Waals surface area (Å²) in [4.78, 5) is 13.5. The molecular formula is C9H17NO. The zero-order valence-corrected chi connectivity index (χ0v) is 8.06. The molecule has 2 nitrogen and oxygen atoms in total. The molecule has 0 aliphatic heterocycles. The maximum Gasteiger partial charge on any atom is 0.234 e. The van der Waals surface area contributed by atoms with Gasteiger partial charge in [-0.25, -0.2) is 9.79 Å². The van der Waals surface area contributed by atoms with Gasteiger partial charge in [-0.2, -0.15) is 0 Å². The van der Waals surface area contributed by atoms with Gasteiger partial charge in [0.15, 0.2) is 0 Å². The third kappa shape index (κ3) is 2.85. The van der Waals surface area contributed by atoms with Crippen molar-refractivity contribution in [3.63, 3.8) is 0 Å². The van der Waals surface area contributed by atoms with Crippen LogP contribution < -0.4 is 0 Å². The first-order chi connectivity index (χ1) is 4.81. The predicted octanol–water partition coefficient (Wildman–Crippen LogP) is 2.39. The molecular weight excluding hydrogens is 138 g/mol. The minimum atomic E-state index is 0.0599. The minimum Gasteiger partial charge on any atom is -0.211 e. The fraction of sp³-hybridized carbons (Fsp3) is 0.889. The van der Waals surface area contributed by atoms with Gasteiger partial charge in [0, 0.05) is 0 Å². The summed E-state index contributed by atoms with van der Waals surface area (Å²) >= 11 is 0. The number of rotatable bonds is 2. The molecule has 0 aromatic heterocycles. The first kappa shape index (κ1) is 10.4. The Bertz CT molecular complexity index is 170.